The fourth-order valence-corrected chi connectivity index (χ4v) is 2.44. The molecule has 1 heterocycles. The largest absolute Gasteiger partial charge is 0.306 e. The minimum atomic E-state index is -0.196. The van der Waals surface area contributed by atoms with E-state index in [0.717, 1.165) is 16.7 Å². The zero-order chi connectivity index (χ0) is 17.1. The van der Waals surface area contributed by atoms with Crippen molar-refractivity contribution in [3.8, 4) is 11.3 Å². The Balaban J connectivity index is 1.76. The van der Waals surface area contributed by atoms with Gasteiger partial charge < -0.3 is 5.32 Å². The lowest BCUT2D eigenvalue weighted by Gasteiger charge is -2.05. The summed E-state index contributed by atoms with van der Waals surface area (Å²) < 4.78 is 4.80. The number of hydrogen-bond donors (Lipinski definition) is 1. The molecule has 0 fully saturated rings. The second-order valence-corrected chi connectivity index (χ2v) is 6.05. The van der Waals surface area contributed by atoms with Gasteiger partial charge in [0.2, 0.25) is 11.7 Å². The molecular formula is C18H16ClN3O2. The third-order valence-corrected chi connectivity index (χ3v) is 4.06. The van der Waals surface area contributed by atoms with Crippen LogP contribution < -0.4 is 5.32 Å². The van der Waals surface area contributed by atoms with Gasteiger partial charge in [0.15, 0.2) is 5.69 Å². The van der Waals surface area contributed by atoms with Crippen molar-refractivity contribution in [2.45, 2.75) is 20.3 Å². The molecular weight excluding hydrogens is 326 g/mol. The van der Waals surface area contributed by atoms with Crippen LogP contribution in [0, 0.1) is 13.8 Å². The fraction of sp³-hybridized carbons (Fsp3) is 0.167. The number of carbonyl (C=O) groups is 1. The molecule has 0 saturated carbocycles. The van der Waals surface area contributed by atoms with Crippen molar-refractivity contribution in [2.75, 3.05) is 5.32 Å². The highest BCUT2D eigenvalue weighted by Crippen LogP contribution is 2.26. The number of carbonyl (C=O) groups excluding carboxylic acids is 1. The van der Waals surface area contributed by atoms with Gasteiger partial charge in [0.1, 0.15) is 0 Å². The van der Waals surface area contributed by atoms with Gasteiger partial charge in [-0.05, 0) is 59.1 Å². The molecule has 0 aliphatic heterocycles. The summed E-state index contributed by atoms with van der Waals surface area (Å²) in [5, 5.41) is 11.1. The van der Waals surface area contributed by atoms with Crippen LogP contribution in [0.15, 0.2) is 47.1 Å². The van der Waals surface area contributed by atoms with E-state index in [1.54, 1.807) is 12.1 Å². The van der Waals surface area contributed by atoms with Crippen LogP contribution in [0.3, 0.4) is 0 Å². The summed E-state index contributed by atoms with van der Waals surface area (Å²) >= 11 is 5.84. The molecule has 6 heteroatoms. The van der Waals surface area contributed by atoms with Crippen LogP contribution in [0.5, 0.6) is 0 Å². The normalized spacial score (nSPS) is 10.6. The highest BCUT2D eigenvalue weighted by Gasteiger charge is 2.15. The van der Waals surface area contributed by atoms with Gasteiger partial charge in [0.05, 0.1) is 6.42 Å². The topological polar surface area (TPSA) is 68.0 Å². The van der Waals surface area contributed by atoms with Crippen molar-refractivity contribution in [3.05, 3.63) is 64.2 Å². The van der Waals surface area contributed by atoms with E-state index >= 15 is 0 Å². The summed E-state index contributed by atoms with van der Waals surface area (Å²) in [6.07, 6.45) is 0.219. The van der Waals surface area contributed by atoms with E-state index in [1.165, 1.54) is 5.56 Å². The number of halogens is 1. The van der Waals surface area contributed by atoms with Gasteiger partial charge in [0.25, 0.3) is 0 Å². The van der Waals surface area contributed by atoms with Gasteiger partial charge in [-0.25, -0.2) is 4.63 Å². The number of aromatic nitrogens is 2. The summed E-state index contributed by atoms with van der Waals surface area (Å²) in [4.78, 5) is 12.2. The smallest absolute Gasteiger partial charge is 0.230 e. The molecule has 0 aliphatic carbocycles. The molecule has 0 atom stereocenters. The van der Waals surface area contributed by atoms with E-state index < -0.39 is 0 Å². The quantitative estimate of drug-likeness (QED) is 0.772. The summed E-state index contributed by atoms with van der Waals surface area (Å²) in [5.41, 5.74) is 4.54. The Morgan fingerprint density at radius 3 is 2.54 bits per heavy atom. The number of aryl methyl sites for hydroxylation is 2. The number of nitrogens with zero attached hydrogens (tertiary/aromatic N) is 2. The average molecular weight is 342 g/mol. The number of amides is 1. The molecule has 3 aromatic rings. The van der Waals surface area contributed by atoms with Crippen LogP contribution in [-0.2, 0) is 11.2 Å². The summed E-state index contributed by atoms with van der Waals surface area (Å²) in [6, 6.07) is 13.0. The Labute approximate surface area is 144 Å². The number of nitrogens with one attached hydrogen (secondary N) is 1. The van der Waals surface area contributed by atoms with Gasteiger partial charge >= 0.3 is 0 Å². The minimum Gasteiger partial charge on any atom is -0.306 e. The van der Waals surface area contributed by atoms with E-state index in [4.69, 9.17) is 16.2 Å². The molecule has 0 radical (unpaired) electrons. The van der Waals surface area contributed by atoms with Crippen LogP contribution in [0.25, 0.3) is 11.3 Å². The average Bonchev–Trinajstić information content (AvgIpc) is 3.00. The SMILES string of the molecule is Cc1ccc(-c2nonc2NC(=O)Cc2ccc(Cl)cc2)cc1C. The molecule has 0 saturated heterocycles. The predicted octanol–water partition coefficient (Wildman–Crippen LogP) is 4.19. The number of benzene rings is 2. The maximum Gasteiger partial charge on any atom is 0.230 e. The van der Waals surface area contributed by atoms with E-state index in [0.29, 0.717) is 16.5 Å². The molecule has 5 nitrogen and oxygen atoms in total. The molecule has 0 aliphatic rings. The van der Waals surface area contributed by atoms with Crippen molar-refractivity contribution >= 4 is 23.3 Å². The number of anilines is 1. The van der Waals surface area contributed by atoms with E-state index in [-0.39, 0.29) is 12.3 Å². The standard InChI is InChI=1S/C18H16ClN3O2/c1-11-3-6-14(9-12(11)2)17-18(22-24-21-17)20-16(23)10-13-4-7-15(19)8-5-13/h3-9H,10H2,1-2H3,(H,20,22,23). The Morgan fingerprint density at radius 1 is 1.08 bits per heavy atom. The van der Waals surface area contributed by atoms with Gasteiger partial charge in [-0.3, -0.25) is 4.79 Å². The summed E-state index contributed by atoms with van der Waals surface area (Å²) in [7, 11) is 0. The highest BCUT2D eigenvalue weighted by atomic mass is 35.5. The Bertz CT molecular complexity index is 872. The van der Waals surface area contributed by atoms with E-state index in [2.05, 4.69) is 15.6 Å². The molecule has 122 valence electrons. The second kappa shape index (κ2) is 6.84. The maximum atomic E-state index is 12.2. The molecule has 1 N–H and O–H groups in total. The Kier molecular flexibility index (Phi) is 4.62. The van der Waals surface area contributed by atoms with Crippen LogP contribution in [0.2, 0.25) is 5.02 Å². The Hall–Kier alpha value is -2.66. The first-order valence-corrected chi connectivity index (χ1v) is 7.85. The van der Waals surface area contributed by atoms with Crippen LogP contribution in [0.1, 0.15) is 16.7 Å². The lowest BCUT2D eigenvalue weighted by molar-refractivity contribution is -0.115. The van der Waals surface area contributed by atoms with E-state index in [9.17, 15) is 4.79 Å². The number of hydrogen-bond acceptors (Lipinski definition) is 4. The molecule has 0 unspecified atom stereocenters. The first-order valence-electron chi connectivity index (χ1n) is 7.47. The van der Waals surface area contributed by atoms with Crippen LogP contribution in [0.4, 0.5) is 5.82 Å². The lowest BCUT2D eigenvalue weighted by Crippen LogP contribution is -2.15. The molecule has 0 bridgehead atoms. The summed E-state index contributed by atoms with van der Waals surface area (Å²) in [5.74, 6) is 0.121. The molecule has 24 heavy (non-hydrogen) atoms. The Morgan fingerprint density at radius 2 is 1.83 bits per heavy atom. The molecule has 3 rings (SSSR count). The molecule has 1 aromatic heterocycles. The van der Waals surface area contributed by atoms with Gasteiger partial charge in [-0.15, -0.1) is 0 Å². The summed E-state index contributed by atoms with van der Waals surface area (Å²) in [6.45, 7) is 4.06. The lowest BCUT2D eigenvalue weighted by atomic mass is 10.0. The fourth-order valence-electron chi connectivity index (χ4n) is 2.31. The second-order valence-electron chi connectivity index (χ2n) is 5.61. The zero-order valence-corrected chi connectivity index (χ0v) is 14.1. The highest BCUT2D eigenvalue weighted by molar-refractivity contribution is 6.30. The van der Waals surface area contributed by atoms with E-state index in [1.807, 2.05) is 44.2 Å². The minimum absolute atomic E-state index is 0.196. The van der Waals surface area contributed by atoms with Crippen LogP contribution in [-0.4, -0.2) is 16.2 Å². The maximum absolute atomic E-state index is 12.2. The van der Waals surface area contributed by atoms with Crippen molar-refractivity contribution in [1.29, 1.82) is 0 Å². The first-order chi connectivity index (χ1) is 11.5. The van der Waals surface area contributed by atoms with Gasteiger partial charge in [-0.2, -0.15) is 0 Å². The van der Waals surface area contributed by atoms with Crippen molar-refractivity contribution < 1.29 is 9.42 Å². The van der Waals surface area contributed by atoms with Gasteiger partial charge in [0, 0.05) is 10.6 Å². The first kappa shape index (κ1) is 16.2. The monoisotopic (exact) mass is 341 g/mol. The van der Waals surface area contributed by atoms with Crippen LogP contribution >= 0.6 is 11.6 Å². The zero-order valence-electron chi connectivity index (χ0n) is 13.3. The molecule has 1 amide bonds. The third-order valence-electron chi connectivity index (χ3n) is 3.80. The third kappa shape index (κ3) is 3.63. The van der Waals surface area contributed by atoms with Crippen molar-refractivity contribution in [3.63, 3.8) is 0 Å². The number of rotatable bonds is 4. The van der Waals surface area contributed by atoms with Crippen molar-refractivity contribution in [1.82, 2.24) is 10.3 Å². The predicted molar refractivity (Wildman–Crippen MR) is 93.0 cm³/mol. The van der Waals surface area contributed by atoms with Gasteiger partial charge in [-0.1, -0.05) is 35.9 Å². The molecule has 2 aromatic carbocycles. The van der Waals surface area contributed by atoms with Crippen molar-refractivity contribution in [2.24, 2.45) is 0 Å². The molecule has 0 spiro atoms.